The van der Waals surface area contributed by atoms with Crippen LogP contribution in [0.1, 0.15) is 5.01 Å². The number of thiazole rings is 1. The molecule has 0 spiro atoms. The molecule has 166 valence electrons. The van der Waals surface area contributed by atoms with Crippen LogP contribution in [0.2, 0.25) is 5.02 Å². The molecule has 2 N–H and O–H groups in total. The Morgan fingerprint density at radius 1 is 1.16 bits per heavy atom. The summed E-state index contributed by atoms with van der Waals surface area (Å²) in [6.07, 6.45) is 2.67. The number of benzene rings is 2. The predicted octanol–water partition coefficient (Wildman–Crippen LogP) is 4.42. The summed E-state index contributed by atoms with van der Waals surface area (Å²) in [4.78, 5) is 13.3. The van der Waals surface area contributed by atoms with Crippen molar-refractivity contribution in [1.29, 1.82) is 0 Å². The summed E-state index contributed by atoms with van der Waals surface area (Å²) < 4.78 is 35.9. The summed E-state index contributed by atoms with van der Waals surface area (Å²) in [5, 5.41) is 9.88. The van der Waals surface area contributed by atoms with Crippen LogP contribution in [0.5, 0.6) is 0 Å². The van der Waals surface area contributed by atoms with Crippen molar-refractivity contribution in [1.82, 2.24) is 20.3 Å². The Hall–Kier alpha value is -2.66. The van der Waals surface area contributed by atoms with Crippen LogP contribution in [0, 0.1) is 5.82 Å². The fourth-order valence-electron chi connectivity index (χ4n) is 3.00. The van der Waals surface area contributed by atoms with Crippen molar-refractivity contribution in [2.75, 3.05) is 23.9 Å². The first-order valence-electron chi connectivity index (χ1n) is 9.58. The highest BCUT2D eigenvalue weighted by atomic mass is 35.5. The minimum atomic E-state index is -2.99. The summed E-state index contributed by atoms with van der Waals surface area (Å²) in [7, 11) is -2.99. The first-order valence-corrected chi connectivity index (χ1v) is 12.9. The second kappa shape index (κ2) is 9.45. The lowest BCUT2D eigenvalue weighted by molar-refractivity contribution is 0.596. The zero-order chi connectivity index (χ0) is 22.7. The van der Waals surface area contributed by atoms with Crippen LogP contribution in [0.15, 0.2) is 48.1 Å². The lowest BCUT2D eigenvalue weighted by Crippen LogP contribution is -2.21. The third-order valence-electron chi connectivity index (χ3n) is 4.59. The van der Waals surface area contributed by atoms with E-state index in [0.29, 0.717) is 24.6 Å². The van der Waals surface area contributed by atoms with E-state index >= 15 is 0 Å². The molecule has 32 heavy (non-hydrogen) atoms. The van der Waals surface area contributed by atoms with E-state index in [9.17, 15) is 12.8 Å². The summed E-state index contributed by atoms with van der Waals surface area (Å²) in [6, 6.07) is 10.1. The Labute approximate surface area is 193 Å². The van der Waals surface area contributed by atoms with Gasteiger partial charge in [0, 0.05) is 41.4 Å². The van der Waals surface area contributed by atoms with E-state index in [1.807, 2.05) is 23.6 Å². The van der Waals surface area contributed by atoms with E-state index in [-0.39, 0.29) is 10.8 Å². The minimum Gasteiger partial charge on any atom is -0.340 e. The molecule has 0 radical (unpaired) electrons. The Kier molecular flexibility index (Phi) is 6.66. The Morgan fingerprint density at radius 2 is 2.00 bits per heavy atom. The molecule has 0 aliphatic rings. The molecular formula is C21H19ClFN5O2S2. The second-order valence-electron chi connectivity index (χ2n) is 7.14. The first kappa shape index (κ1) is 22.5. The van der Waals surface area contributed by atoms with Crippen molar-refractivity contribution in [2.24, 2.45) is 0 Å². The van der Waals surface area contributed by atoms with E-state index in [1.54, 1.807) is 6.07 Å². The Morgan fingerprint density at radius 3 is 2.78 bits per heavy atom. The molecule has 0 saturated carbocycles. The highest BCUT2D eigenvalue weighted by molar-refractivity contribution is 7.90. The molecule has 0 atom stereocenters. The molecule has 2 aromatic heterocycles. The van der Waals surface area contributed by atoms with Gasteiger partial charge in [0.15, 0.2) is 0 Å². The molecule has 0 aliphatic carbocycles. The number of anilines is 2. The number of sulfone groups is 1. The lowest BCUT2D eigenvalue weighted by atomic mass is 10.1. The number of fused-ring (bicyclic) bond motifs is 1. The first-order chi connectivity index (χ1) is 15.3. The highest BCUT2D eigenvalue weighted by Crippen LogP contribution is 2.30. The topological polar surface area (TPSA) is 96.9 Å². The van der Waals surface area contributed by atoms with Gasteiger partial charge in [-0.05, 0) is 30.3 Å². The van der Waals surface area contributed by atoms with Gasteiger partial charge in [0.2, 0.25) is 0 Å². The quantitative estimate of drug-likeness (QED) is 0.352. The van der Waals surface area contributed by atoms with E-state index < -0.39 is 15.7 Å². The molecule has 0 aliphatic heterocycles. The normalized spacial score (nSPS) is 11.7. The monoisotopic (exact) mass is 491 g/mol. The van der Waals surface area contributed by atoms with Crippen molar-refractivity contribution in [3.8, 4) is 11.3 Å². The second-order valence-corrected chi connectivity index (χ2v) is 10.8. The van der Waals surface area contributed by atoms with Crippen LogP contribution >= 0.6 is 22.9 Å². The van der Waals surface area contributed by atoms with Crippen LogP contribution in [0.25, 0.3) is 22.2 Å². The number of nitrogens with one attached hydrogen (secondary N) is 2. The number of nitrogens with zero attached hydrogens (tertiary/aromatic N) is 3. The zero-order valence-electron chi connectivity index (χ0n) is 17.0. The largest absolute Gasteiger partial charge is 0.340 e. The van der Waals surface area contributed by atoms with Gasteiger partial charge in [0.05, 0.1) is 22.0 Å². The van der Waals surface area contributed by atoms with Crippen LogP contribution in [-0.4, -0.2) is 41.9 Å². The average molecular weight is 492 g/mol. The van der Waals surface area contributed by atoms with Crippen LogP contribution in [-0.2, 0) is 16.4 Å². The minimum absolute atomic E-state index is 0.0224. The van der Waals surface area contributed by atoms with Gasteiger partial charge in [0.1, 0.15) is 32.8 Å². The van der Waals surface area contributed by atoms with Crippen LogP contribution < -0.4 is 10.6 Å². The van der Waals surface area contributed by atoms with Crippen molar-refractivity contribution in [3.05, 3.63) is 64.0 Å². The van der Waals surface area contributed by atoms with Gasteiger partial charge in [-0.25, -0.2) is 27.8 Å². The molecule has 0 saturated heterocycles. The van der Waals surface area contributed by atoms with E-state index in [0.717, 1.165) is 27.2 Å². The van der Waals surface area contributed by atoms with E-state index in [2.05, 4.69) is 25.6 Å². The molecule has 2 heterocycles. The van der Waals surface area contributed by atoms with Crippen molar-refractivity contribution < 1.29 is 12.8 Å². The van der Waals surface area contributed by atoms with Gasteiger partial charge in [-0.2, -0.15) is 0 Å². The van der Waals surface area contributed by atoms with Gasteiger partial charge in [0.25, 0.3) is 0 Å². The summed E-state index contributed by atoms with van der Waals surface area (Å²) >= 11 is 7.38. The maximum atomic E-state index is 13.5. The number of aromatic nitrogens is 3. The number of halogens is 2. The molecule has 11 heteroatoms. The van der Waals surface area contributed by atoms with Gasteiger partial charge in [-0.3, -0.25) is 0 Å². The molecule has 0 bridgehead atoms. The van der Waals surface area contributed by atoms with Gasteiger partial charge in [-0.1, -0.05) is 17.7 Å². The molecule has 2 aromatic carbocycles. The maximum Gasteiger partial charge on any atom is 0.148 e. The third kappa shape index (κ3) is 5.57. The highest BCUT2D eigenvalue weighted by Gasteiger charge is 2.10. The molecule has 0 unspecified atom stereocenters. The van der Waals surface area contributed by atoms with E-state index in [1.165, 1.54) is 36.1 Å². The SMILES string of the molecule is CS(=O)(=O)CCNCc1nc(-c2ccc3ncnc(Nc4ccc(F)c(Cl)c4)c3c2)cs1. The Balaban J connectivity index is 1.55. The third-order valence-corrected chi connectivity index (χ3v) is 6.68. The standard InChI is InChI=1S/C21H19ClFN5O2S2/c1-32(29,30)7-6-24-10-20-28-19(11-31-20)13-2-5-18-15(8-13)21(26-12-25-18)27-14-3-4-17(23)16(22)9-14/h2-5,8-9,11-12,24H,6-7,10H2,1H3,(H,25,26,27). The zero-order valence-corrected chi connectivity index (χ0v) is 19.4. The Bertz CT molecular complexity index is 1380. The summed E-state index contributed by atoms with van der Waals surface area (Å²) in [5.41, 5.74) is 3.05. The maximum absolute atomic E-state index is 13.5. The molecule has 4 rings (SSSR count). The lowest BCUT2D eigenvalue weighted by Gasteiger charge is -2.10. The summed E-state index contributed by atoms with van der Waals surface area (Å²) in [5.74, 6) is 0.167. The number of hydrogen-bond acceptors (Lipinski definition) is 8. The van der Waals surface area contributed by atoms with Gasteiger partial charge < -0.3 is 10.6 Å². The molecule has 0 fully saturated rings. The molecular weight excluding hydrogens is 473 g/mol. The average Bonchev–Trinajstić information content (AvgIpc) is 3.22. The molecule has 4 aromatic rings. The smallest absolute Gasteiger partial charge is 0.148 e. The predicted molar refractivity (Wildman–Crippen MR) is 127 cm³/mol. The van der Waals surface area contributed by atoms with Crippen molar-refractivity contribution >= 4 is 55.2 Å². The van der Waals surface area contributed by atoms with Gasteiger partial charge in [-0.15, -0.1) is 11.3 Å². The summed E-state index contributed by atoms with van der Waals surface area (Å²) in [6.45, 7) is 0.874. The van der Waals surface area contributed by atoms with Crippen molar-refractivity contribution in [3.63, 3.8) is 0 Å². The molecule has 0 amide bonds. The van der Waals surface area contributed by atoms with Crippen molar-refractivity contribution in [2.45, 2.75) is 6.54 Å². The van der Waals surface area contributed by atoms with Crippen LogP contribution in [0.4, 0.5) is 15.9 Å². The van der Waals surface area contributed by atoms with Crippen LogP contribution in [0.3, 0.4) is 0 Å². The number of hydrogen-bond donors (Lipinski definition) is 2. The molecule has 7 nitrogen and oxygen atoms in total. The van der Waals surface area contributed by atoms with Gasteiger partial charge >= 0.3 is 0 Å². The fraction of sp³-hybridized carbons (Fsp3) is 0.190. The number of rotatable bonds is 8. The fourth-order valence-corrected chi connectivity index (χ4v) is 4.47. The van der Waals surface area contributed by atoms with E-state index in [4.69, 9.17) is 11.6 Å².